The summed E-state index contributed by atoms with van der Waals surface area (Å²) in [6, 6.07) is 27.2. The summed E-state index contributed by atoms with van der Waals surface area (Å²) in [6.45, 7) is 0. The van der Waals surface area contributed by atoms with Crippen molar-refractivity contribution in [2.45, 2.75) is 0 Å². The van der Waals surface area contributed by atoms with Crippen molar-refractivity contribution in [3.05, 3.63) is 95.3 Å². The van der Waals surface area contributed by atoms with Crippen molar-refractivity contribution in [1.82, 2.24) is 0 Å². The number of benzene rings is 3. The average molecular weight is 347 g/mol. The van der Waals surface area contributed by atoms with Gasteiger partial charge in [-0.05, 0) is 48.5 Å². The standard InChI is InChI=1S/C21H15ClN2O/c22-16-12-10-15(11-13-16)21-14-19(18-8-4-5-9-20(18)25-21)24-23-17-6-2-1-3-7-17/h1-14,23H/b24-19+. The van der Waals surface area contributed by atoms with Crippen LogP contribution in [-0.2, 0) is 0 Å². The Morgan fingerprint density at radius 2 is 1.52 bits per heavy atom. The molecule has 0 radical (unpaired) electrons. The summed E-state index contributed by atoms with van der Waals surface area (Å²) in [5.41, 5.74) is 5.77. The molecule has 25 heavy (non-hydrogen) atoms. The van der Waals surface area contributed by atoms with Gasteiger partial charge in [0.25, 0.3) is 0 Å². The molecule has 122 valence electrons. The van der Waals surface area contributed by atoms with E-state index in [2.05, 4.69) is 10.5 Å². The predicted molar refractivity (Wildman–Crippen MR) is 102 cm³/mol. The van der Waals surface area contributed by atoms with Crippen molar-refractivity contribution < 1.29 is 4.42 Å². The van der Waals surface area contributed by atoms with E-state index in [0.29, 0.717) is 5.02 Å². The number of anilines is 1. The maximum atomic E-state index is 6.05. The first-order valence-corrected chi connectivity index (χ1v) is 8.31. The third-order valence-corrected chi connectivity index (χ3v) is 4.11. The van der Waals surface area contributed by atoms with Crippen LogP contribution >= 0.6 is 11.6 Å². The van der Waals surface area contributed by atoms with Crippen molar-refractivity contribution in [3.8, 4) is 11.3 Å². The van der Waals surface area contributed by atoms with Gasteiger partial charge >= 0.3 is 0 Å². The molecule has 1 heterocycles. The molecule has 3 nitrogen and oxygen atoms in total. The largest absolute Gasteiger partial charge is 0.456 e. The van der Waals surface area contributed by atoms with E-state index >= 15 is 0 Å². The number of para-hydroxylation sites is 2. The number of fused-ring (bicyclic) bond motifs is 1. The van der Waals surface area contributed by atoms with Gasteiger partial charge in [-0.2, -0.15) is 5.10 Å². The van der Waals surface area contributed by atoms with Gasteiger partial charge in [0.05, 0.1) is 11.0 Å². The van der Waals surface area contributed by atoms with E-state index in [-0.39, 0.29) is 0 Å². The molecule has 0 unspecified atom stereocenters. The van der Waals surface area contributed by atoms with Gasteiger partial charge in [0.15, 0.2) is 0 Å². The van der Waals surface area contributed by atoms with Gasteiger partial charge in [0, 0.05) is 22.0 Å². The van der Waals surface area contributed by atoms with Crippen LogP contribution in [0.5, 0.6) is 0 Å². The smallest absolute Gasteiger partial charge is 0.136 e. The van der Waals surface area contributed by atoms with Crippen LogP contribution < -0.4 is 10.8 Å². The van der Waals surface area contributed by atoms with Crippen molar-refractivity contribution in [2.24, 2.45) is 5.10 Å². The fourth-order valence-electron chi connectivity index (χ4n) is 2.60. The molecule has 1 N–H and O–H groups in total. The highest BCUT2D eigenvalue weighted by Gasteiger charge is 2.05. The zero-order chi connectivity index (χ0) is 17.1. The van der Waals surface area contributed by atoms with Crippen LogP contribution in [0.2, 0.25) is 5.02 Å². The fraction of sp³-hybridized carbons (Fsp3) is 0. The van der Waals surface area contributed by atoms with Crippen molar-refractivity contribution >= 4 is 28.3 Å². The first-order chi connectivity index (χ1) is 12.3. The molecule has 0 saturated carbocycles. The summed E-state index contributed by atoms with van der Waals surface area (Å²) < 4.78 is 6.05. The highest BCUT2D eigenvalue weighted by molar-refractivity contribution is 6.30. The molecule has 0 aliphatic heterocycles. The number of rotatable bonds is 3. The summed E-state index contributed by atoms with van der Waals surface area (Å²) in [5, 5.41) is 7.03. The lowest BCUT2D eigenvalue weighted by Gasteiger charge is -2.06. The summed E-state index contributed by atoms with van der Waals surface area (Å²) in [7, 11) is 0. The van der Waals surface area contributed by atoms with Crippen molar-refractivity contribution in [3.63, 3.8) is 0 Å². The van der Waals surface area contributed by atoms with Crippen LogP contribution in [0.4, 0.5) is 5.69 Å². The quantitative estimate of drug-likeness (QED) is 0.484. The van der Waals surface area contributed by atoms with E-state index in [1.54, 1.807) is 0 Å². The van der Waals surface area contributed by atoms with Gasteiger partial charge in [-0.25, -0.2) is 0 Å². The lowest BCUT2D eigenvalue weighted by molar-refractivity contribution is 0.618. The minimum absolute atomic E-state index is 0.695. The second-order valence-corrected chi connectivity index (χ2v) is 6.03. The molecule has 0 atom stereocenters. The Kier molecular flexibility index (Phi) is 4.23. The third kappa shape index (κ3) is 3.42. The molecule has 0 spiro atoms. The zero-order valence-corrected chi connectivity index (χ0v) is 14.1. The molecule has 3 aromatic carbocycles. The van der Waals surface area contributed by atoms with Gasteiger partial charge in [-0.15, -0.1) is 0 Å². The SMILES string of the molecule is Clc1ccc(-c2c/c(=N\Nc3ccccc3)c3ccccc3o2)cc1. The Morgan fingerprint density at radius 1 is 0.800 bits per heavy atom. The monoisotopic (exact) mass is 346 g/mol. The normalized spacial score (nSPS) is 11.6. The molecule has 0 aliphatic carbocycles. The number of nitrogens with zero attached hydrogens (tertiary/aromatic N) is 1. The molecular weight excluding hydrogens is 332 g/mol. The van der Waals surface area contributed by atoms with E-state index in [9.17, 15) is 0 Å². The molecule has 1 aromatic heterocycles. The molecule has 0 bridgehead atoms. The van der Waals surface area contributed by atoms with Crippen LogP contribution in [0.3, 0.4) is 0 Å². The first-order valence-electron chi connectivity index (χ1n) is 7.93. The minimum Gasteiger partial charge on any atom is -0.456 e. The van der Waals surface area contributed by atoms with E-state index in [4.69, 9.17) is 16.0 Å². The minimum atomic E-state index is 0.695. The molecule has 0 aliphatic rings. The predicted octanol–water partition coefficient (Wildman–Crippen LogP) is 5.68. The van der Waals surface area contributed by atoms with Gasteiger partial charge < -0.3 is 4.42 Å². The van der Waals surface area contributed by atoms with Gasteiger partial charge in [-0.1, -0.05) is 41.9 Å². The van der Waals surface area contributed by atoms with Crippen LogP contribution in [-0.4, -0.2) is 0 Å². The number of nitrogens with one attached hydrogen (secondary N) is 1. The molecule has 4 aromatic rings. The Balaban J connectivity index is 1.85. The summed E-state index contributed by atoms with van der Waals surface area (Å²) in [5.74, 6) is 0.740. The molecular formula is C21H15ClN2O. The Labute approximate surface area is 150 Å². The lowest BCUT2D eigenvalue weighted by atomic mass is 10.1. The summed E-state index contributed by atoms with van der Waals surface area (Å²) in [6.07, 6.45) is 0. The van der Waals surface area contributed by atoms with Gasteiger partial charge in [-0.3, -0.25) is 5.43 Å². The summed E-state index contributed by atoms with van der Waals surface area (Å²) >= 11 is 5.98. The average Bonchev–Trinajstić information content (AvgIpc) is 2.67. The number of halogens is 1. The fourth-order valence-corrected chi connectivity index (χ4v) is 2.73. The molecule has 0 saturated heterocycles. The number of hydrogen-bond acceptors (Lipinski definition) is 3. The van der Waals surface area contributed by atoms with E-state index in [1.165, 1.54) is 0 Å². The second-order valence-electron chi connectivity index (χ2n) is 5.59. The van der Waals surface area contributed by atoms with E-state index in [0.717, 1.165) is 33.3 Å². The van der Waals surface area contributed by atoms with Crippen molar-refractivity contribution in [2.75, 3.05) is 5.43 Å². The lowest BCUT2D eigenvalue weighted by Crippen LogP contribution is -2.07. The molecule has 4 heteroatoms. The first kappa shape index (κ1) is 15.5. The Hall–Kier alpha value is -3.04. The zero-order valence-electron chi connectivity index (χ0n) is 13.3. The van der Waals surface area contributed by atoms with E-state index in [1.807, 2.05) is 84.9 Å². The molecule has 4 rings (SSSR count). The highest BCUT2D eigenvalue weighted by atomic mass is 35.5. The maximum Gasteiger partial charge on any atom is 0.136 e. The summed E-state index contributed by atoms with van der Waals surface area (Å²) in [4.78, 5) is 0. The topological polar surface area (TPSA) is 37.5 Å². The Bertz CT molecular complexity index is 1070. The highest BCUT2D eigenvalue weighted by Crippen LogP contribution is 2.23. The third-order valence-electron chi connectivity index (χ3n) is 3.86. The van der Waals surface area contributed by atoms with Crippen LogP contribution in [0.1, 0.15) is 0 Å². The maximum absolute atomic E-state index is 6.05. The van der Waals surface area contributed by atoms with Gasteiger partial charge in [0.2, 0.25) is 0 Å². The van der Waals surface area contributed by atoms with Crippen LogP contribution in [0, 0.1) is 0 Å². The Morgan fingerprint density at radius 3 is 2.32 bits per heavy atom. The van der Waals surface area contributed by atoms with Crippen molar-refractivity contribution in [1.29, 1.82) is 0 Å². The van der Waals surface area contributed by atoms with Gasteiger partial charge in [0.1, 0.15) is 11.3 Å². The number of hydrogen-bond donors (Lipinski definition) is 1. The van der Waals surface area contributed by atoms with Crippen LogP contribution in [0.25, 0.3) is 22.3 Å². The molecule has 0 amide bonds. The molecule has 0 fully saturated rings. The second kappa shape index (κ2) is 6.83. The van der Waals surface area contributed by atoms with E-state index < -0.39 is 0 Å². The van der Waals surface area contributed by atoms with Crippen LogP contribution in [0.15, 0.2) is 94.4 Å².